The molecule has 0 bridgehead atoms. The number of Topliss-reactive ketones (excluding diaryl/α,β-unsaturated/α-hetero) is 1. The minimum atomic E-state index is -0.179. The molecule has 1 amide bonds. The first-order chi connectivity index (χ1) is 12.2. The van der Waals surface area contributed by atoms with Crippen molar-refractivity contribution < 1.29 is 14.7 Å². The molecule has 0 aromatic heterocycles. The molecular weight excluding hydrogens is 326 g/mol. The fraction of sp³-hybridized carbons (Fsp3) is 0.909. The SMILES string of the molecule is CN(C)C(=O)[C@H]1CC[C@H]2[C@@H]3CC[C@H]4C[C@H](O)CC[C@]4(C)[C@H]3C(=O)C[C@]12C. The molecular formula is C22H35NO3. The molecule has 4 rings (SSSR count). The van der Waals surface area contributed by atoms with Crippen LogP contribution in [0.1, 0.15) is 65.2 Å². The molecule has 4 aliphatic carbocycles. The van der Waals surface area contributed by atoms with Gasteiger partial charge < -0.3 is 10.0 Å². The van der Waals surface area contributed by atoms with Crippen molar-refractivity contribution in [2.24, 2.45) is 40.4 Å². The van der Waals surface area contributed by atoms with Crippen LogP contribution in [0, 0.1) is 40.4 Å². The van der Waals surface area contributed by atoms with Gasteiger partial charge in [0.1, 0.15) is 5.78 Å². The maximum absolute atomic E-state index is 13.5. The predicted octanol–water partition coefficient (Wildman–Crippen LogP) is 3.27. The van der Waals surface area contributed by atoms with E-state index in [1.54, 1.807) is 4.90 Å². The van der Waals surface area contributed by atoms with Crippen molar-refractivity contribution >= 4 is 11.7 Å². The van der Waals surface area contributed by atoms with Gasteiger partial charge in [0.2, 0.25) is 5.91 Å². The lowest BCUT2D eigenvalue weighted by molar-refractivity contribution is -0.163. The Morgan fingerprint density at radius 1 is 1.08 bits per heavy atom. The molecule has 146 valence electrons. The molecule has 4 heteroatoms. The third kappa shape index (κ3) is 2.43. The first kappa shape index (κ1) is 18.5. The highest BCUT2D eigenvalue weighted by molar-refractivity contribution is 5.87. The lowest BCUT2D eigenvalue weighted by Crippen LogP contribution is -2.58. The Labute approximate surface area is 157 Å². The van der Waals surface area contributed by atoms with Gasteiger partial charge in [-0.3, -0.25) is 9.59 Å². The van der Waals surface area contributed by atoms with Crippen LogP contribution in [0.5, 0.6) is 0 Å². The first-order valence-corrected chi connectivity index (χ1v) is 10.6. The number of nitrogens with zero attached hydrogens (tertiary/aromatic N) is 1. The van der Waals surface area contributed by atoms with Gasteiger partial charge in [0.05, 0.1) is 6.10 Å². The second-order valence-corrected chi connectivity index (χ2v) is 10.5. The van der Waals surface area contributed by atoms with Crippen LogP contribution in [-0.4, -0.2) is 41.9 Å². The molecule has 26 heavy (non-hydrogen) atoms. The Kier molecular flexibility index (Phi) is 4.30. The fourth-order valence-electron chi connectivity index (χ4n) is 7.77. The van der Waals surface area contributed by atoms with Gasteiger partial charge in [-0.2, -0.15) is 0 Å². The fourth-order valence-corrected chi connectivity index (χ4v) is 7.77. The van der Waals surface area contributed by atoms with Gasteiger partial charge in [-0.1, -0.05) is 13.8 Å². The van der Waals surface area contributed by atoms with Crippen molar-refractivity contribution in [1.82, 2.24) is 4.90 Å². The van der Waals surface area contributed by atoms with Crippen molar-refractivity contribution in [3.05, 3.63) is 0 Å². The number of carbonyl (C=O) groups excluding carboxylic acids is 2. The summed E-state index contributed by atoms with van der Waals surface area (Å²) < 4.78 is 0. The monoisotopic (exact) mass is 361 g/mol. The maximum Gasteiger partial charge on any atom is 0.225 e. The highest BCUT2D eigenvalue weighted by atomic mass is 16.3. The van der Waals surface area contributed by atoms with Crippen LogP contribution >= 0.6 is 0 Å². The molecule has 4 saturated carbocycles. The van der Waals surface area contributed by atoms with E-state index in [2.05, 4.69) is 13.8 Å². The number of carbonyl (C=O) groups is 2. The number of rotatable bonds is 1. The van der Waals surface area contributed by atoms with Crippen molar-refractivity contribution in [2.45, 2.75) is 71.3 Å². The van der Waals surface area contributed by atoms with E-state index in [9.17, 15) is 14.7 Å². The Hall–Kier alpha value is -0.900. The van der Waals surface area contributed by atoms with Crippen LogP contribution in [0.15, 0.2) is 0 Å². The van der Waals surface area contributed by atoms with Crippen LogP contribution in [0.4, 0.5) is 0 Å². The lowest BCUT2D eigenvalue weighted by Gasteiger charge is -2.59. The highest BCUT2D eigenvalue weighted by Gasteiger charge is 2.64. The minimum absolute atomic E-state index is 0.00566. The largest absolute Gasteiger partial charge is 0.393 e. The molecule has 4 fully saturated rings. The molecule has 1 N–H and O–H groups in total. The van der Waals surface area contributed by atoms with Crippen LogP contribution in [0.2, 0.25) is 0 Å². The summed E-state index contributed by atoms with van der Waals surface area (Å²) in [5.41, 5.74) is -0.0960. The number of hydrogen-bond acceptors (Lipinski definition) is 3. The molecule has 0 unspecified atom stereocenters. The zero-order chi connectivity index (χ0) is 18.9. The molecule has 0 aromatic carbocycles. The van der Waals surface area contributed by atoms with Gasteiger partial charge in [0.25, 0.3) is 0 Å². The molecule has 4 aliphatic rings. The molecule has 0 radical (unpaired) electrons. The summed E-state index contributed by atoms with van der Waals surface area (Å²) in [6.45, 7) is 4.56. The van der Waals surface area contributed by atoms with Gasteiger partial charge in [0.15, 0.2) is 0 Å². The number of hydrogen-bond donors (Lipinski definition) is 1. The van der Waals surface area contributed by atoms with Crippen molar-refractivity contribution in [2.75, 3.05) is 14.1 Å². The quantitative estimate of drug-likeness (QED) is 0.780. The van der Waals surface area contributed by atoms with Gasteiger partial charge in [-0.25, -0.2) is 0 Å². The van der Waals surface area contributed by atoms with E-state index in [1.165, 1.54) is 0 Å². The summed E-state index contributed by atoms with van der Waals surface area (Å²) >= 11 is 0. The van der Waals surface area contributed by atoms with Crippen LogP contribution in [0.3, 0.4) is 0 Å². The van der Waals surface area contributed by atoms with Crippen molar-refractivity contribution in [1.29, 1.82) is 0 Å². The Bertz CT molecular complexity index is 617. The standard InChI is InChI=1S/C22H35NO3/c1-21-10-9-14(24)11-13(21)5-6-15-16-7-8-17(20(26)23(3)4)22(16,2)12-18(25)19(15)21/h13-17,19,24H,5-12H2,1-4H3/t13-,14+,15-,16-,17+,19+,21-,22-/m0/s1. The van der Waals surface area contributed by atoms with Gasteiger partial charge in [0, 0.05) is 32.4 Å². The second-order valence-electron chi connectivity index (χ2n) is 10.5. The number of ketones is 1. The average Bonchev–Trinajstić information content (AvgIpc) is 2.90. The summed E-state index contributed by atoms with van der Waals surface area (Å²) in [6, 6.07) is 0. The molecule has 0 aromatic rings. The molecule has 0 saturated heterocycles. The van der Waals surface area contributed by atoms with E-state index >= 15 is 0 Å². The van der Waals surface area contributed by atoms with E-state index in [1.807, 2.05) is 14.1 Å². The van der Waals surface area contributed by atoms with Crippen molar-refractivity contribution in [3.8, 4) is 0 Å². The smallest absolute Gasteiger partial charge is 0.225 e. The number of amides is 1. The summed E-state index contributed by atoms with van der Waals surface area (Å²) in [5, 5.41) is 10.1. The topological polar surface area (TPSA) is 57.6 Å². The van der Waals surface area contributed by atoms with E-state index in [-0.39, 0.29) is 34.7 Å². The number of fused-ring (bicyclic) bond motifs is 5. The second kappa shape index (κ2) is 6.05. The molecule has 8 atom stereocenters. The van der Waals surface area contributed by atoms with Crippen LogP contribution in [0.25, 0.3) is 0 Å². The van der Waals surface area contributed by atoms with E-state index in [4.69, 9.17) is 0 Å². The predicted molar refractivity (Wildman–Crippen MR) is 100 cm³/mol. The summed E-state index contributed by atoms with van der Waals surface area (Å²) in [6.07, 6.45) is 7.37. The first-order valence-electron chi connectivity index (χ1n) is 10.6. The van der Waals surface area contributed by atoms with E-state index in [0.29, 0.717) is 30.0 Å². The third-order valence-electron chi connectivity index (χ3n) is 9.06. The van der Waals surface area contributed by atoms with Gasteiger partial charge >= 0.3 is 0 Å². The minimum Gasteiger partial charge on any atom is -0.393 e. The molecule has 4 nitrogen and oxygen atoms in total. The maximum atomic E-state index is 13.5. The molecule has 0 spiro atoms. The van der Waals surface area contributed by atoms with Crippen LogP contribution < -0.4 is 0 Å². The normalized spacial score (nSPS) is 50.6. The Morgan fingerprint density at radius 3 is 2.50 bits per heavy atom. The Morgan fingerprint density at radius 2 is 1.81 bits per heavy atom. The zero-order valence-electron chi connectivity index (χ0n) is 16.8. The molecule has 0 aliphatic heterocycles. The highest BCUT2D eigenvalue weighted by Crippen LogP contribution is 2.66. The van der Waals surface area contributed by atoms with Gasteiger partial charge in [-0.05, 0) is 73.5 Å². The number of aliphatic hydroxyl groups is 1. The number of aliphatic hydroxyl groups excluding tert-OH is 1. The van der Waals surface area contributed by atoms with Gasteiger partial charge in [-0.15, -0.1) is 0 Å². The van der Waals surface area contributed by atoms with E-state index < -0.39 is 0 Å². The lowest BCUT2D eigenvalue weighted by atomic mass is 9.44. The summed E-state index contributed by atoms with van der Waals surface area (Å²) in [4.78, 5) is 28.0. The third-order valence-corrected chi connectivity index (χ3v) is 9.06. The molecule has 0 heterocycles. The van der Waals surface area contributed by atoms with Crippen molar-refractivity contribution in [3.63, 3.8) is 0 Å². The summed E-state index contributed by atoms with van der Waals surface area (Å²) in [5.74, 6) is 2.21. The zero-order valence-corrected chi connectivity index (χ0v) is 16.8. The average molecular weight is 362 g/mol. The van der Waals surface area contributed by atoms with Crippen LogP contribution in [-0.2, 0) is 9.59 Å². The Balaban J connectivity index is 1.66. The van der Waals surface area contributed by atoms with E-state index in [0.717, 1.165) is 44.9 Å². The summed E-state index contributed by atoms with van der Waals surface area (Å²) in [7, 11) is 3.68.